The highest BCUT2D eigenvalue weighted by atomic mass is 32.2. The van der Waals surface area contributed by atoms with E-state index in [2.05, 4.69) is 30.4 Å². The molecule has 7 heteroatoms. The predicted octanol–water partition coefficient (Wildman–Crippen LogP) is 4.49. The Morgan fingerprint density at radius 1 is 1.00 bits per heavy atom. The van der Waals surface area contributed by atoms with E-state index in [-0.39, 0.29) is 16.0 Å². The highest BCUT2D eigenvalue weighted by molar-refractivity contribution is 7.90. The van der Waals surface area contributed by atoms with Crippen LogP contribution >= 0.6 is 0 Å². The molecule has 3 aromatic rings. The quantitative estimate of drug-likeness (QED) is 0.621. The van der Waals surface area contributed by atoms with Gasteiger partial charge in [-0.15, -0.1) is 0 Å². The van der Waals surface area contributed by atoms with Gasteiger partial charge >= 0.3 is 0 Å². The van der Waals surface area contributed by atoms with Crippen LogP contribution in [0.3, 0.4) is 0 Å². The standard InChI is InChI=1S/C25H27N3O3S/c1-18-16-25(2,3)28(17-18)23-21(14-15-22(26-23)19-10-6-4-7-11-19)24(29)27-32(30,31)20-12-8-5-9-13-20/h4-15,18H,16-17H2,1-3H3,(H,27,29)/t18-/m0/s1. The fourth-order valence-electron chi connectivity index (χ4n) is 4.40. The number of nitrogens with zero attached hydrogens (tertiary/aromatic N) is 2. The normalized spacial score (nSPS) is 17.8. The molecule has 32 heavy (non-hydrogen) atoms. The third kappa shape index (κ3) is 4.39. The predicted molar refractivity (Wildman–Crippen MR) is 126 cm³/mol. The van der Waals surface area contributed by atoms with Gasteiger partial charge in [0.25, 0.3) is 15.9 Å². The molecular formula is C25H27N3O3S. The van der Waals surface area contributed by atoms with E-state index in [1.54, 1.807) is 30.3 Å². The zero-order chi connectivity index (χ0) is 22.9. The molecule has 1 aliphatic heterocycles. The summed E-state index contributed by atoms with van der Waals surface area (Å²) >= 11 is 0. The second-order valence-electron chi connectivity index (χ2n) is 8.91. The van der Waals surface area contributed by atoms with E-state index in [1.165, 1.54) is 12.1 Å². The van der Waals surface area contributed by atoms with Gasteiger partial charge in [0.15, 0.2) is 0 Å². The van der Waals surface area contributed by atoms with Crippen molar-refractivity contribution in [3.05, 3.63) is 78.4 Å². The molecule has 1 aromatic heterocycles. The van der Waals surface area contributed by atoms with Crippen LogP contribution in [0.15, 0.2) is 77.7 Å². The zero-order valence-corrected chi connectivity index (χ0v) is 19.3. The molecule has 6 nitrogen and oxygen atoms in total. The third-order valence-corrected chi connectivity index (χ3v) is 7.15. The molecule has 4 rings (SSSR count). The van der Waals surface area contributed by atoms with Gasteiger partial charge in [0.1, 0.15) is 5.82 Å². The lowest BCUT2D eigenvalue weighted by atomic mass is 9.97. The van der Waals surface area contributed by atoms with E-state index in [1.807, 2.05) is 30.3 Å². The Balaban J connectivity index is 1.77. The van der Waals surface area contributed by atoms with Crippen LogP contribution in [0.5, 0.6) is 0 Å². The molecule has 1 amide bonds. The fraction of sp³-hybridized carbons (Fsp3) is 0.280. The molecule has 2 aromatic carbocycles. The number of hydrogen-bond donors (Lipinski definition) is 1. The summed E-state index contributed by atoms with van der Waals surface area (Å²) in [7, 11) is -4.00. The maximum atomic E-state index is 13.2. The summed E-state index contributed by atoms with van der Waals surface area (Å²) in [5, 5.41) is 0. The summed E-state index contributed by atoms with van der Waals surface area (Å²) in [5.41, 5.74) is 1.70. The van der Waals surface area contributed by atoms with Gasteiger partial charge in [-0.3, -0.25) is 4.79 Å². The minimum atomic E-state index is -4.00. The molecule has 0 spiro atoms. The molecule has 0 aliphatic carbocycles. The van der Waals surface area contributed by atoms with Crippen molar-refractivity contribution in [1.82, 2.24) is 9.71 Å². The Hall–Kier alpha value is -3.19. The maximum absolute atomic E-state index is 13.2. The van der Waals surface area contributed by atoms with E-state index in [4.69, 9.17) is 4.98 Å². The Morgan fingerprint density at radius 2 is 1.62 bits per heavy atom. The first-order chi connectivity index (χ1) is 15.2. The van der Waals surface area contributed by atoms with Gasteiger partial charge in [-0.1, -0.05) is 55.5 Å². The molecule has 1 fully saturated rings. The van der Waals surface area contributed by atoms with Crippen LogP contribution < -0.4 is 9.62 Å². The van der Waals surface area contributed by atoms with Crippen molar-refractivity contribution in [2.75, 3.05) is 11.4 Å². The van der Waals surface area contributed by atoms with Crippen LogP contribution in [0, 0.1) is 5.92 Å². The lowest BCUT2D eigenvalue weighted by Gasteiger charge is -2.34. The highest BCUT2D eigenvalue weighted by Gasteiger charge is 2.39. The Morgan fingerprint density at radius 3 is 2.22 bits per heavy atom. The van der Waals surface area contributed by atoms with Crippen molar-refractivity contribution in [3.8, 4) is 11.3 Å². The summed E-state index contributed by atoms with van der Waals surface area (Å²) < 4.78 is 27.7. The Labute approximate surface area is 189 Å². The van der Waals surface area contributed by atoms with Crippen molar-refractivity contribution in [3.63, 3.8) is 0 Å². The second-order valence-corrected chi connectivity index (χ2v) is 10.6. The molecule has 0 unspecified atom stereocenters. The minimum absolute atomic E-state index is 0.0406. The van der Waals surface area contributed by atoms with Gasteiger partial charge < -0.3 is 4.90 Å². The Kier molecular flexibility index (Phi) is 5.77. The second kappa shape index (κ2) is 8.39. The number of anilines is 1. The van der Waals surface area contributed by atoms with E-state index in [9.17, 15) is 13.2 Å². The van der Waals surface area contributed by atoms with E-state index >= 15 is 0 Å². The number of sulfonamides is 1. The molecule has 1 aliphatic rings. The monoisotopic (exact) mass is 449 g/mol. The summed E-state index contributed by atoms with van der Waals surface area (Å²) in [4.78, 5) is 20.2. The van der Waals surface area contributed by atoms with Crippen LogP contribution in [-0.2, 0) is 10.0 Å². The van der Waals surface area contributed by atoms with Crippen LogP contribution in [-0.4, -0.2) is 31.4 Å². The van der Waals surface area contributed by atoms with E-state index in [0.29, 0.717) is 11.7 Å². The van der Waals surface area contributed by atoms with Crippen molar-refractivity contribution in [2.24, 2.45) is 5.92 Å². The van der Waals surface area contributed by atoms with Gasteiger partial charge in [0.2, 0.25) is 0 Å². The molecular weight excluding hydrogens is 422 g/mol. The largest absolute Gasteiger partial charge is 0.351 e. The van der Waals surface area contributed by atoms with E-state index < -0.39 is 15.9 Å². The Bertz CT molecular complexity index is 1230. The summed E-state index contributed by atoms with van der Waals surface area (Å²) in [5.74, 6) is 0.240. The summed E-state index contributed by atoms with van der Waals surface area (Å²) in [6.07, 6.45) is 0.952. The number of amides is 1. The first-order valence-corrected chi connectivity index (χ1v) is 12.1. The fourth-order valence-corrected chi connectivity index (χ4v) is 5.38. The maximum Gasteiger partial charge on any atom is 0.268 e. The van der Waals surface area contributed by atoms with Crippen LogP contribution in [0.1, 0.15) is 37.6 Å². The van der Waals surface area contributed by atoms with E-state index in [0.717, 1.165) is 24.2 Å². The SMILES string of the molecule is C[C@@H]1CN(c2nc(-c3ccccc3)ccc2C(=O)NS(=O)(=O)c2ccccc2)C(C)(C)C1. The number of pyridine rings is 1. The zero-order valence-electron chi connectivity index (χ0n) is 18.4. The number of aromatic nitrogens is 1. The number of carbonyl (C=O) groups is 1. The summed E-state index contributed by atoms with van der Waals surface area (Å²) in [6, 6.07) is 21.0. The number of benzene rings is 2. The van der Waals surface area contributed by atoms with Crippen LogP contribution in [0.2, 0.25) is 0 Å². The smallest absolute Gasteiger partial charge is 0.268 e. The number of nitrogens with one attached hydrogen (secondary N) is 1. The van der Waals surface area contributed by atoms with Gasteiger partial charge in [0, 0.05) is 17.6 Å². The molecule has 1 atom stereocenters. The van der Waals surface area contributed by atoms with Gasteiger partial charge in [-0.25, -0.2) is 18.1 Å². The van der Waals surface area contributed by atoms with Crippen molar-refractivity contribution in [1.29, 1.82) is 0 Å². The number of hydrogen-bond acceptors (Lipinski definition) is 5. The first kappa shape index (κ1) is 22.0. The third-order valence-electron chi connectivity index (χ3n) is 5.80. The molecule has 0 bridgehead atoms. The van der Waals surface area contributed by atoms with Crippen molar-refractivity contribution < 1.29 is 13.2 Å². The lowest BCUT2D eigenvalue weighted by molar-refractivity contribution is 0.0981. The molecule has 1 saturated heterocycles. The van der Waals surface area contributed by atoms with Crippen LogP contribution in [0.4, 0.5) is 5.82 Å². The van der Waals surface area contributed by atoms with Gasteiger partial charge in [-0.05, 0) is 50.5 Å². The molecule has 2 heterocycles. The topological polar surface area (TPSA) is 79.4 Å². The van der Waals surface area contributed by atoms with Crippen LogP contribution in [0.25, 0.3) is 11.3 Å². The lowest BCUT2D eigenvalue weighted by Crippen LogP contribution is -2.41. The average Bonchev–Trinajstić information content (AvgIpc) is 3.06. The molecule has 0 saturated carbocycles. The average molecular weight is 450 g/mol. The molecule has 1 N–H and O–H groups in total. The molecule has 0 radical (unpaired) electrons. The first-order valence-electron chi connectivity index (χ1n) is 10.6. The van der Waals surface area contributed by atoms with Crippen molar-refractivity contribution >= 4 is 21.7 Å². The summed E-state index contributed by atoms with van der Waals surface area (Å²) in [6.45, 7) is 7.15. The van der Waals surface area contributed by atoms with Crippen molar-refractivity contribution in [2.45, 2.75) is 37.6 Å². The minimum Gasteiger partial charge on any atom is -0.351 e. The number of rotatable bonds is 5. The number of carbonyl (C=O) groups excluding carboxylic acids is 1. The molecule has 166 valence electrons. The van der Waals surface area contributed by atoms with Gasteiger partial charge in [0.05, 0.1) is 16.2 Å². The highest BCUT2D eigenvalue weighted by Crippen LogP contribution is 2.38. The van der Waals surface area contributed by atoms with Gasteiger partial charge in [-0.2, -0.15) is 0 Å².